The van der Waals surface area contributed by atoms with Gasteiger partial charge in [0, 0.05) is 55.3 Å². The number of nitrogens with zero attached hydrogens (tertiary/aromatic N) is 4. The molecule has 214 valence electrons. The van der Waals surface area contributed by atoms with Crippen LogP contribution in [-0.4, -0.2) is 72.2 Å². The molecule has 0 aliphatic rings. The number of aromatic nitrogens is 2. The van der Waals surface area contributed by atoms with Crippen LogP contribution in [-0.2, 0) is 4.79 Å². The quantitative estimate of drug-likeness (QED) is 0.235. The van der Waals surface area contributed by atoms with Crippen LogP contribution in [0.3, 0.4) is 0 Å². The number of anilines is 4. The van der Waals surface area contributed by atoms with E-state index in [9.17, 15) is 14.4 Å². The third-order valence-corrected chi connectivity index (χ3v) is 6.04. The number of carbonyl (C=O) groups is 3. The minimum Gasteiger partial charge on any atom is -0.345 e. The minimum atomic E-state index is -0.339. The Labute approximate surface area is 245 Å². The number of amides is 3. The summed E-state index contributed by atoms with van der Waals surface area (Å²) in [5, 5.41) is 8.80. The lowest BCUT2D eigenvalue weighted by atomic mass is 10.1. The molecule has 0 fully saturated rings. The van der Waals surface area contributed by atoms with Crippen molar-refractivity contribution in [2.75, 3.05) is 50.7 Å². The SMILES string of the molecule is CN(C)CC=CC(=O)Nc1cccc(C(=O)Nc2cncc(Nc3ccc(-c4ccc(C(=O)N(C)C)cc4)cn3)c2)c1. The molecule has 0 spiro atoms. The number of hydrogen-bond donors (Lipinski definition) is 3. The topological polar surface area (TPSA) is 120 Å². The predicted molar refractivity (Wildman–Crippen MR) is 166 cm³/mol. The van der Waals surface area contributed by atoms with Crippen LogP contribution in [0.1, 0.15) is 20.7 Å². The van der Waals surface area contributed by atoms with Gasteiger partial charge in [-0.1, -0.05) is 24.3 Å². The van der Waals surface area contributed by atoms with Gasteiger partial charge in [-0.2, -0.15) is 0 Å². The zero-order valence-electron chi connectivity index (χ0n) is 24.0. The van der Waals surface area contributed by atoms with Crippen molar-refractivity contribution in [1.29, 1.82) is 0 Å². The Balaban J connectivity index is 1.36. The molecule has 0 unspecified atom stereocenters. The minimum absolute atomic E-state index is 0.0485. The molecule has 3 N–H and O–H groups in total. The molecule has 0 saturated carbocycles. The summed E-state index contributed by atoms with van der Waals surface area (Å²) < 4.78 is 0. The maximum absolute atomic E-state index is 12.9. The first-order valence-electron chi connectivity index (χ1n) is 13.2. The van der Waals surface area contributed by atoms with Crippen molar-refractivity contribution in [2.24, 2.45) is 0 Å². The number of hydrogen-bond acceptors (Lipinski definition) is 7. The van der Waals surface area contributed by atoms with Crippen molar-refractivity contribution in [3.8, 4) is 11.1 Å². The summed E-state index contributed by atoms with van der Waals surface area (Å²) in [6.07, 6.45) is 8.15. The Hall–Kier alpha value is -5.35. The maximum atomic E-state index is 12.9. The Kier molecular flexibility index (Phi) is 9.75. The van der Waals surface area contributed by atoms with Crippen molar-refractivity contribution in [2.45, 2.75) is 0 Å². The number of benzene rings is 2. The zero-order valence-corrected chi connectivity index (χ0v) is 24.0. The molecule has 2 aromatic heterocycles. The third kappa shape index (κ3) is 8.33. The van der Waals surface area contributed by atoms with Gasteiger partial charge in [-0.15, -0.1) is 0 Å². The van der Waals surface area contributed by atoms with E-state index in [-0.39, 0.29) is 17.7 Å². The van der Waals surface area contributed by atoms with Gasteiger partial charge >= 0.3 is 0 Å². The molecule has 10 nitrogen and oxygen atoms in total. The van der Waals surface area contributed by atoms with E-state index in [1.54, 1.807) is 86.1 Å². The number of rotatable bonds is 10. The first kappa shape index (κ1) is 29.6. The highest BCUT2D eigenvalue weighted by molar-refractivity contribution is 6.06. The first-order valence-corrected chi connectivity index (χ1v) is 13.2. The van der Waals surface area contributed by atoms with Crippen LogP contribution >= 0.6 is 0 Å². The van der Waals surface area contributed by atoms with E-state index in [4.69, 9.17) is 0 Å². The molecular weight excluding hydrogens is 530 g/mol. The predicted octanol–water partition coefficient (Wildman–Crippen LogP) is 4.90. The summed E-state index contributed by atoms with van der Waals surface area (Å²) in [5.74, 6) is -0.0542. The Bertz CT molecular complexity index is 1580. The van der Waals surface area contributed by atoms with E-state index in [1.165, 1.54) is 6.08 Å². The van der Waals surface area contributed by atoms with E-state index < -0.39 is 0 Å². The lowest BCUT2D eigenvalue weighted by Gasteiger charge is -2.11. The maximum Gasteiger partial charge on any atom is 0.255 e. The van der Waals surface area contributed by atoms with E-state index in [0.29, 0.717) is 40.6 Å². The molecule has 0 aliphatic carbocycles. The van der Waals surface area contributed by atoms with E-state index in [2.05, 4.69) is 25.9 Å². The fourth-order valence-corrected chi connectivity index (χ4v) is 3.92. The molecule has 3 amide bonds. The van der Waals surface area contributed by atoms with E-state index in [0.717, 1.165) is 11.1 Å². The molecule has 0 atom stereocenters. The van der Waals surface area contributed by atoms with Crippen LogP contribution in [0.4, 0.5) is 22.9 Å². The Morgan fingerprint density at radius 2 is 1.50 bits per heavy atom. The van der Waals surface area contributed by atoms with Gasteiger partial charge in [0.05, 0.1) is 23.8 Å². The van der Waals surface area contributed by atoms with Gasteiger partial charge in [0.1, 0.15) is 5.82 Å². The van der Waals surface area contributed by atoms with Crippen molar-refractivity contribution in [3.63, 3.8) is 0 Å². The first-order chi connectivity index (χ1) is 20.2. The highest BCUT2D eigenvalue weighted by atomic mass is 16.2. The lowest BCUT2D eigenvalue weighted by molar-refractivity contribution is -0.111. The largest absolute Gasteiger partial charge is 0.345 e. The Morgan fingerprint density at radius 3 is 2.19 bits per heavy atom. The summed E-state index contributed by atoms with van der Waals surface area (Å²) in [4.78, 5) is 49.4. The van der Waals surface area contributed by atoms with Crippen molar-refractivity contribution in [3.05, 3.63) is 109 Å². The average molecular weight is 564 g/mol. The molecule has 4 rings (SSSR count). The smallest absolute Gasteiger partial charge is 0.255 e. The summed E-state index contributed by atoms with van der Waals surface area (Å²) in [6.45, 7) is 0.648. The molecule has 10 heteroatoms. The lowest BCUT2D eigenvalue weighted by Crippen LogP contribution is -2.21. The van der Waals surface area contributed by atoms with Gasteiger partial charge in [-0.05, 0) is 68.2 Å². The second-order valence-electron chi connectivity index (χ2n) is 9.99. The third-order valence-electron chi connectivity index (χ3n) is 6.04. The highest BCUT2D eigenvalue weighted by Gasteiger charge is 2.10. The Morgan fingerprint density at radius 1 is 0.762 bits per heavy atom. The molecule has 2 aromatic carbocycles. The van der Waals surface area contributed by atoms with Crippen molar-refractivity contribution < 1.29 is 14.4 Å². The van der Waals surface area contributed by atoms with Crippen LogP contribution < -0.4 is 16.0 Å². The van der Waals surface area contributed by atoms with Crippen LogP contribution in [0.5, 0.6) is 0 Å². The van der Waals surface area contributed by atoms with Crippen LogP contribution in [0, 0.1) is 0 Å². The molecule has 0 radical (unpaired) electrons. The molecule has 2 heterocycles. The van der Waals surface area contributed by atoms with Gasteiger partial charge in [-0.3, -0.25) is 19.4 Å². The summed E-state index contributed by atoms with van der Waals surface area (Å²) in [6, 6.07) is 19.6. The summed E-state index contributed by atoms with van der Waals surface area (Å²) >= 11 is 0. The van der Waals surface area contributed by atoms with Gasteiger partial charge in [0.2, 0.25) is 5.91 Å². The normalized spacial score (nSPS) is 10.9. The second kappa shape index (κ2) is 13.8. The fourth-order valence-electron chi connectivity index (χ4n) is 3.92. The summed E-state index contributed by atoms with van der Waals surface area (Å²) in [5.41, 5.74) is 4.52. The van der Waals surface area contributed by atoms with E-state index in [1.807, 2.05) is 43.3 Å². The van der Waals surface area contributed by atoms with Crippen molar-refractivity contribution in [1.82, 2.24) is 19.8 Å². The fraction of sp³-hybridized carbons (Fsp3) is 0.156. The summed E-state index contributed by atoms with van der Waals surface area (Å²) in [7, 11) is 7.28. The zero-order chi connectivity index (χ0) is 30.1. The molecule has 0 saturated heterocycles. The van der Waals surface area contributed by atoms with Crippen LogP contribution in [0.25, 0.3) is 11.1 Å². The van der Waals surface area contributed by atoms with Gasteiger partial charge < -0.3 is 25.8 Å². The van der Waals surface area contributed by atoms with Gasteiger partial charge in [0.15, 0.2) is 0 Å². The van der Waals surface area contributed by atoms with Crippen LogP contribution in [0.2, 0.25) is 0 Å². The number of nitrogens with one attached hydrogen (secondary N) is 3. The number of pyridine rings is 2. The van der Waals surface area contributed by atoms with Crippen molar-refractivity contribution >= 4 is 40.6 Å². The molecule has 4 aromatic rings. The van der Waals surface area contributed by atoms with Crippen LogP contribution in [0.15, 0.2) is 97.5 Å². The average Bonchev–Trinajstić information content (AvgIpc) is 2.97. The van der Waals surface area contributed by atoms with Gasteiger partial charge in [0.25, 0.3) is 11.8 Å². The van der Waals surface area contributed by atoms with E-state index >= 15 is 0 Å². The number of likely N-dealkylation sites (N-methyl/N-ethyl adjacent to an activating group) is 1. The molecule has 0 aliphatic heterocycles. The monoisotopic (exact) mass is 563 g/mol. The highest BCUT2D eigenvalue weighted by Crippen LogP contribution is 2.23. The van der Waals surface area contributed by atoms with Gasteiger partial charge in [-0.25, -0.2) is 4.98 Å². The molecule has 0 bridgehead atoms. The molecular formula is C32H33N7O3. The number of carbonyl (C=O) groups excluding carboxylic acids is 3. The molecule has 42 heavy (non-hydrogen) atoms. The standard InChI is InChI=1S/C32H33N7O3/c1-38(2)16-6-9-30(40)36-26-8-5-7-24(17-26)31(41)37-28-18-27(20-33-21-28)35-29-15-14-25(19-34-29)22-10-12-23(13-11-22)32(42)39(3)4/h5-15,17-21H,16H2,1-4H3,(H,34,35)(H,36,40)(H,37,41). The second-order valence-corrected chi connectivity index (χ2v) is 9.99.